The molecule has 0 aromatic heterocycles. The molecule has 2 aromatic rings. The van der Waals surface area contributed by atoms with E-state index in [0.29, 0.717) is 30.4 Å². The lowest BCUT2D eigenvalue weighted by molar-refractivity contribution is -0.387. The van der Waals surface area contributed by atoms with Gasteiger partial charge in [0.2, 0.25) is 15.9 Å². The molecule has 3 rings (SSSR count). The van der Waals surface area contributed by atoms with Gasteiger partial charge in [0.1, 0.15) is 13.2 Å². The molecule has 30 heavy (non-hydrogen) atoms. The van der Waals surface area contributed by atoms with Crippen molar-refractivity contribution in [2.24, 2.45) is 0 Å². The number of carbonyl (C=O) groups is 1. The average Bonchev–Trinajstić information content (AvgIpc) is 2.71. The topological polar surface area (TPSA) is 128 Å². The van der Waals surface area contributed by atoms with E-state index in [-0.39, 0.29) is 11.6 Å². The van der Waals surface area contributed by atoms with Crippen LogP contribution in [0.4, 0.5) is 11.4 Å². The Morgan fingerprint density at radius 3 is 2.57 bits per heavy atom. The van der Waals surface area contributed by atoms with Gasteiger partial charge in [-0.1, -0.05) is 18.5 Å². The second-order valence-corrected chi connectivity index (χ2v) is 8.55. The number of nitro groups is 1. The molecule has 0 fully saturated rings. The molecule has 0 aliphatic carbocycles. The maximum Gasteiger partial charge on any atom is 0.290 e. The number of amides is 1. The Kier molecular flexibility index (Phi) is 6.44. The van der Waals surface area contributed by atoms with Crippen LogP contribution in [0.1, 0.15) is 6.92 Å². The molecule has 10 nitrogen and oxygen atoms in total. The molecule has 0 spiro atoms. The minimum absolute atomic E-state index is 0.0278. The number of hydrogen-bond donors (Lipinski definition) is 1. The van der Waals surface area contributed by atoms with Gasteiger partial charge in [-0.25, -0.2) is 8.42 Å². The van der Waals surface area contributed by atoms with Crippen LogP contribution in [-0.4, -0.2) is 49.9 Å². The first-order valence-corrected chi connectivity index (χ1v) is 10.7. The fourth-order valence-electron chi connectivity index (χ4n) is 2.84. The van der Waals surface area contributed by atoms with Crippen LogP contribution in [0.5, 0.6) is 11.5 Å². The van der Waals surface area contributed by atoms with Gasteiger partial charge in [-0.2, -0.15) is 4.31 Å². The zero-order valence-corrected chi connectivity index (χ0v) is 17.4. The second kappa shape index (κ2) is 8.86. The van der Waals surface area contributed by atoms with E-state index in [1.807, 2.05) is 0 Å². The average molecular weight is 456 g/mol. The molecule has 1 heterocycles. The molecule has 1 aliphatic heterocycles. The predicted molar refractivity (Wildman–Crippen MR) is 109 cm³/mol. The number of ether oxygens (including phenoxy) is 2. The summed E-state index contributed by atoms with van der Waals surface area (Å²) < 4.78 is 37.6. The van der Waals surface area contributed by atoms with Crippen molar-refractivity contribution in [1.82, 2.24) is 4.31 Å². The van der Waals surface area contributed by atoms with E-state index in [0.717, 1.165) is 16.4 Å². The summed E-state index contributed by atoms with van der Waals surface area (Å²) in [6, 6.07) is 8.05. The monoisotopic (exact) mass is 455 g/mol. The smallest absolute Gasteiger partial charge is 0.290 e. The van der Waals surface area contributed by atoms with E-state index in [1.165, 1.54) is 13.0 Å². The summed E-state index contributed by atoms with van der Waals surface area (Å²) in [6.45, 7) is 1.73. The molecule has 0 bridgehead atoms. The van der Waals surface area contributed by atoms with Crippen LogP contribution in [0.2, 0.25) is 5.02 Å². The summed E-state index contributed by atoms with van der Waals surface area (Å²) >= 11 is 5.75. The molecule has 0 saturated heterocycles. The fraction of sp³-hybridized carbons (Fsp3) is 0.278. The van der Waals surface area contributed by atoms with Gasteiger partial charge in [-0.15, -0.1) is 0 Å². The lowest BCUT2D eigenvalue weighted by Crippen LogP contribution is -2.38. The van der Waals surface area contributed by atoms with Crippen LogP contribution in [-0.2, 0) is 14.8 Å². The molecule has 1 N–H and O–H groups in total. The van der Waals surface area contributed by atoms with Crippen molar-refractivity contribution < 1.29 is 27.6 Å². The number of fused-ring (bicyclic) bond motifs is 1. The molecule has 0 saturated carbocycles. The van der Waals surface area contributed by atoms with E-state index >= 15 is 0 Å². The summed E-state index contributed by atoms with van der Waals surface area (Å²) in [5.41, 5.74) is -0.261. The van der Waals surface area contributed by atoms with E-state index < -0.39 is 38.0 Å². The van der Waals surface area contributed by atoms with E-state index in [2.05, 4.69) is 5.32 Å². The molecule has 2 aromatic carbocycles. The van der Waals surface area contributed by atoms with Crippen LogP contribution in [0.25, 0.3) is 0 Å². The maximum atomic E-state index is 12.9. The highest BCUT2D eigenvalue weighted by Gasteiger charge is 2.32. The summed E-state index contributed by atoms with van der Waals surface area (Å²) in [7, 11) is -4.32. The number of carbonyl (C=O) groups excluding carboxylic acids is 1. The number of nitrogens with one attached hydrogen (secondary N) is 1. The van der Waals surface area contributed by atoms with Gasteiger partial charge < -0.3 is 14.8 Å². The van der Waals surface area contributed by atoms with Crippen LogP contribution in [0.3, 0.4) is 0 Å². The van der Waals surface area contributed by atoms with Crippen molar-refractivity contribution in [2.45, 2.75) is 11.8 Å². The summed E-state index contributed by atoms with van der Waals surface area (Å²) in [6.07, 6.45) is 0. The normalized spacial score (nSPS) is 13.2. The Balaban J connectivity index is 1.79. The molecule has 0 atom stereocenters. The lowest BCUT2D eigenvalue weighted by Gasteiger charge is -2.21. The molecular formula is C18H18ClN3O7S. The third-order valence-electron chi connectivity index (χ3n) is 4.23. The summed E-state index contributed by atoms with van der Waals surface area (Å²) in [5, 5.41) is 13.9. The van der Waals surface area contributed by atoms with Crippen molar-refractivity contribution in [1.29, 1.82) is 0 Å². The minimum Gasteiger partial charge on any atom is -0.486 e. The van der Waals surface area contributed by atoms with E-state index in [1.54, 1.807) is 18.2 Å². The van der Waals surface area contributed by atoms with Gasteiger partial charge in [0.15, 0.2) is 16.4 Å². The highest BCUT2D eigenvalue weighted by molar-refractivity contribution is 7.89. The first-order valence-electron chi connectivity index (χ1n) is 8.86. The van der Waals surface area contributed by atoms with Gasteiger partial charge in [-0.05, 0) is 24.3 Å². The zero-order chi connectivity index (χ0) is 21.9. The number of rotatable bonds is 7. The standard InChI is InChI=1S/C18H18ClN3O7S/c1-2-21(30(26,27)17-6-3-12(19)9-14(17)22(24)25)11-18(23)20-13-4-5-15-16(10-13)29-8-7-28-15/h3-6,9-10H,2,7-8,11H2,1H3,(H,20,23). The molecular weight excluding hydrogens is 438 g/mol. The Labute approximate surface area is 177 Å². The van der Waals surface area contributed by atoms with Crippen molar-refractivity contribution >= 4 is 38.9 Å². The SMILES string of the molecule is CCN(CC(=O)Nc1ccc2c(c1)OCCO2)S(=O)(=O)c1ccc(Cl)cc1[N+](=O)[O-]. The molecule has 12 heteroatoms. The van der Waals surface area contributed by atoms with E-state index in [4.69, 9.17) is 21.1 Å². The Hall–Kier alpha value is -2.89. The highest BCUT2D eigenvalue weighted by Crippen LogP contribution is 2.33. The third-order valence-corrected chi connectivity index (χ3v) is 6.44. The number of nitrogens with zero attached hydrogens (tertiary/aromatic N) is 2. The van der Waals surface area contributed by atoms with Gasteiger partial charge in [0.05, 0.1) is 11.5 Å². The first kappa shape index (κ1) is 21.8. The Bertz CT molecular complexity index is 1090. The van der Waals surface area contributed by atoms with Crippen molar-refractivity contribution in [3.05, 3.63) is 51.5 Å². The molecule has 0 unspecified atom stereocenters. The maximum absolute atomic E-state index is 12.9. The summed E-state index contributed by atoms with van der Waals surface area (Å²) in [5.74, 6) is 0.400. The van der Waals surface area contributed by atoms with Crippen LogP contribution in [0, 0.1) is 10.1 Å². The molecule has 1 aliphatic rings. The van der Waals surface area contributed by atoms with Crippen LogP contribution < -0.4 is 14.8 Å². The molecule has 0 radical (unpaired) electrons. The van der Waals surface area contributed by atoms with Crippen molar-refractivity contribution in [3.63, 3.8) is 0 Å². The van der Waals surface area contributed by atoms with Gasteiger partial charge >= 0.3 is 0 Å². The van der Waals surface area contributed by atoms with E-state index in [9.17, 15) is 23.3 Å². The second-order valence-electron chi connectivity index (χ2n) is 6.21. The number of sulfonamides is 1. The number of likely N-dealkylation sites (N-methyl/N-ethyl adjacent to an activating group) is 1. The molecule has 1 amide bonds. The van der Waals surface area contributed by atoms with Crippen LogP contribution in [0.15, 0.2) is 41.3 Å². The van der Waals surface area contributed by atoms with Gasteiger partial charge in [-0.3, -0.25) is 14.9 Å². The van der Waals surface area contributed by atoms with Crippen LogP contribution >= 0.6 is 11.6 Å². The largest absolute Gasteiger partial charge is 0.486 e. The Morgan fingerprint density at radius 2 is 1.90 bits per heavy atom. The number of halogens is 1. The number of benzene rings is 2. The Morgan fingerprint density at radius 1 is 1.20 bits per heavy atom. The number of nitro benzene ring substituents is 1. The van der Waals surface area contributed by atoms with Crippen molar-refractivity contribution in [2.75, 3.05) is 31.6 Å². The van der Waals surface area contributed by atoms with Gasteiger partial charge in [0.25, 0.3) is 5.69 Å². The number of hydrogen-bond acceptors (Lipinski definition) is 7. The quantitative estimate of drug-likeness (QED) is 0.502. The predicted octanol–water partition coefficient (Wildman–Crippen LogP) is 2.67. The fourth-order valence-corrected chi connectivity index (χ4v) is 4.55. The first-order chi connectivity index (χ1) is 14.2. The van der Waals surface area contributed by atoms with Crippen molar-refractivity contribution in [3.8, 4) is 11.5 Å². The van der Waals surface area contributed by atoms with Gasteiger partial charge in [0, 0.05) is 29.4 Å². The molecule has 160 valence electrons. The minimum atomic E-state index is -4.32. The lowest BCUT2D eigenvalue weighted by atomic mass is 10.2. The highest BCUT2D eigenvalue weighted by atomic mass is 35.5. The zero-order valence-electron chi connectivity index (χ0n) is 15.8. The third kappa shape index (κ3) is 4.64. The number of anilines is 1. The summed E-state index contributed by atoms with van der Waals surface area (Å²) in [4.78, 5) is 22.4.